The van der Waals surface area contributed by atoms with E-state index < -0.39 is 0 Å². The number of likely N-dealkylation sites (N-methyl/N-ethyl adjacent to an activating group) is 1. The quantitative estimate of drug-likeness (QED) is 0.812. The zero-order chi connectivity index (χ0) is 13.2. The summed E-state index contributed by atoms with van der Waals surface area (Å²) >= 11 is 0. The first-order chi connectivity index (χ1) is 8.64. The Morgan fingerprint density at radius 2 is 1.78 bits per heavy atom. The van der Waals surface area contributed by atoms with Gasteiger partial charge in [-0.05, 0) is 57.7 Å². The predicted molar refractivity (Wildman–Crippen MR) is 77.7 cm³/mol. The molecule has 3 heteroatoms. The topological polar surface area (TPSA) is 32.5 Å². The van der Waals surface area contributed by atoms with Crippen molar-refractivity contribution in [3.63, 3.8) is 0 Å². The number of nitrogens with zero attached hydrogens (tertiary/aromatic N) is 2. The molecule has 0 aromatic rings. The molecule has 0 saturated carbocycles. The highest BCUT2D eigenvalue weighted by atomic mass is 15.3. The smallest absolute Gasteiger partial charge is 0.0223 e. The van der Waals surface area contributed by atoms with Gasteiger partial charge in [0.25, 0.3) is 0 Å². The third kappa shape index (κ3) is 2.73. The van der Waals surface area contributed by atoms with Crippen molar-refractivity contribution < 1.29 is 0 Å². The lowest BCUT2D eigenvalue weighted by atomic mass is 9.81. The second-order valence-corrected chi connectivity index (χ2v) is 6.49. The maximum absolute atomic E-state index is 6.05. The molecule has 2 fully saturated rings. The third-order valence-corrected chi connectivity index (χ3v) is 5.72. The van der Waals surface area contributed by atoms with Crippen molar-refractivity contribution in [2.45, 2.75) is 58.0 Å². The van der Waals surface area contributed by atoms with Gasteiger partial charge in [0, 0.05) is 25.2 Å². The lowest BCUT2D eigenvalue weighted by Gasteiger charge is -2.37. The number of hydrogen-bond acceptors (Lipinski definition) is 3. The summed E-state index contributed by atoms with van der Waals surface area (Å²) in [6.45, 7) is 9.16. The van der Waals surface area contributed by atoms with E-state index >= 15 is 0 Å². The Bertz CT molecular complexity index is 254. The summed E-state index contributed by atoms with van der Waals surface area (Å²) in [7, 11) is 2.32. The largest absolute Gasteiger partial charge is 0.330 e. The minimum absolute atomic E-state index is 0.349. The first-order valence-electron chi connectivity index (χ1n) is 7.78. The highest BCUT2D eigenvalue weighted by molar-refractivity contribution is 4.93. The molecule has 2 bridgehead atoms. The predicted octanol–water partition coefficient (Wildman–Crippen LogP) is 1.92. The van der Waals surface area contributed by atoms with Gasteiger partial charge in [0.2, 0.25) is 0 Å². The van der Waals surface area contributed by atoms with Crippen LogP contribution in [-0.2, 0) is 0 Å². The van der Waals surface area contributed by atoms with Crippen molar-refractivity contribution in [3.8, 4) is 0 Å². The van der Waals surface area contributed by atoms with Gasteiger partial charge in [-0.2, -0.15) is 0 Å². The van der Waals surface area contributed by atoms with Crippen LogP contribution in [-0.4, -0.2) is 55.1 Å². The number of fused-ring (bicyclic) bond motifs is 2. The van der Waals surface area contributed by atoms with Crippen LogP contribution in [0.3, 0.4) is 0 Å². The first-order valence-corrected chi connectivity index (χ1v) is 7.78. The van der Waals surface area contributed by atoms with Crippen LogP contribution in [0.1, 0.15) is 46.0 Å². The Kier molecular flexibility index (Phi) is 4.68. The minimum atomic E-state index is 0.349. The van der Waals surface area contributed by atoms with E-state index in [1.54, 1.807) is 0 Å². The van der Waals surface area contributed by atoms with Crippen molar-refractivity contribution in [2.24, 2.45) is 11.1 Å². The van der Waals surface area contributed by atoms with E-state index in [1.807, 2.05) is 0 Å². The highest BCUT2D eigenvalue weighted by Crippen LogP contribution is 2.32. The molecule has 2 aliphatic heterocycles. The normalized spacial score (nSPS) is 30.7. The molecule has 0 amide bonds. The number of rotatable bonds is 5. The van der Waals surface area contributed by atoms with Gasteiger partial charge in [-0.3, -0.25) is 4.90 Å². The van der Waals surface area contributed by atoms with Gasteiger partial charge in [-0.15, -0.1) is 0 Å². The number of likely N-dealkylation sites (tertiary alicyclic amines) is 1. The molecule has 3 nitrogen and oxygen atoms in total. The molecule has 0 aliphatic carbocycles. The summed E-state index contributed by atoms with van der Waals surface area (Å²) in [5, 5.41) is 0. The van der Waals surface area contributed by atoms with Crippen LogP contribution in [0.15, 0.2) is 0 Å². The van der Waals surface area contributed by atoms with Crippen LogP contribution in [0.5, 0.6) is 0 Å². The van der Waals surface area contributed by atoms with Crippen molar-refractivity contribution >= 4 is 0 Å². The first kappa shape index (κ1) is 14.3. The molecule has 2 rings (SSSR count). The second kappa shape index (κ2) is 5.89. The molecule has 2 unspecified atom stereocenters. The van der Waals surface area contributed by atoms with Gasteiger partial charge in [-0.25, -0.2) is 0 Å². The molecule has 2 saturated heterocycles. The zero-order valence-corrected chi connectivity index (χ0v) is 12.5. The summed E-state index contributed by atoms with van der Waals surface area (Å²) in [5.74, 6) is 0. The minimum Gasteiger partial charge on any atom is -0.330 e. The molecule has 0 spiro atoms. The molecular weight excluding hydrogens is 222 g/mol. The van der Waals surface area contributed by atoms with E-state index in [4.69, 9.17) is 5.73 Å². The summed E-state index contributed by atoms with van der Waals surface area (Å²) < 4.78 is 0. The third-order valence-electron chi connectivity index (χ3n) is 5.72. The van der Waals surface area contributed by atoms with E-state index in [2.05, 4.69) is 30.7 Å². The van der Waals surface area contributed by atoms with Crippen molar-refractivity contribution in [2.75, 3.05) is 33.2 Å². The van der Waals surface area contributed by atoms with Crippen LogP contribution in [0.25, 0.3) is 0 Å². The lowest BCUT2D eigenvalue weighted by Crippen LogP contribution is -2.45. The van der Waals surface area contributed by atoms with Gasteiger partial charge >= 0.3 is 0 Å². The fourth-order valence-electron chi connectivity index (χ4n) is 3.82. The fourth-order valence-corrected chi connectivity index (χ4v) is 3.82. The molecule has 0 aromatic heterocycles. The monoisotopic (exact) mass is 253 g/mol. The van der Waals surface area contributed by atoms with E-state index in [-0.39, 0.29) is 0 Å². The molecule has 2 aliphatic rings. The Morgan fingerprint density at radius 3 is 2.39 bits per heavy atom. The van der Waals surface area contributed by atoms with Gasteiger partial charge in [0.1, 0.15) is 0 Å². The van der Waals surface area contributed by atoms with Gasteiger partial charge < -0.3 is 10.6 Å². The average molecular weight is 253 g/mol. The molecule has 0 aromatic carbocycles. The lowest BCUT2D eigenvalue weighted by molar-refractivity contribution is 0.132. The average Bonchev–Trinajstić information content (AvgIpc) is 2.64. The molecule has 2 heterocycles. The molecule has 0 radical (unpaired) electrons. The van der Waals surface area contributed by atoms with Crippen LogP contribution in [0.4, 0.5) is 0 Å². The Morgan fingerprint density at radius 1 is 1.11 bits per heavy atom. The molecule has 2 atom stereocenters. The molecule has 106 valence electrons. The SMILES string of the molecule is CCC(CC)(CN)CN1CCC2CCC(C1)N2C. The standard InChI is InChI=1S/C15H31N3/c1-4-15(5-2,11-16)12-18-9-8-13-6-7-14(10-18)17(13)3/h13-14H,4-12,16H2,1-3H3. The van der Waals surface area contributed by atoms with E-state index in [0.29, 0.717) is 5.41 Å². The number of hydrogen-bond donors (Lipinski definition) is 1. The van der Waals surface area contributed by atoms with Crippen LogP contribution >= 0.6 is 0 Å². The van der Waals surface area contributed by atoms with Gasteiger partial charge in [0.05, 0.1) is 0 Å². The van der Waals surface area contributed by atoms with Crippen molar-refractivity contribution in [1.29, 1.82) is 0 Å². The molecule has 2 N–H and O–H groups in total. The Balaban J connectivity index is 1.98. The van der Waals surface area contributed by atoms with Crippen molar-refractivity contribution in [3.05, 3.63) is 0 Å². The zero-order valence-electron chi connectivity index (χ0n) is 12.5. The molecular formula is C15H31N3. The Labute approximate surface area is 113 Å². The summed E-state index contributed by atoms with van der Waals surface area (Å²) in [5.41, 5.74) is 6.40. The van der Waals surface area contributed by atoms with Crippen LogP contribution < -0.4 is 5.73 Å². The summed E-state index contributed by atoms with van der Waals surface area (Å²) in [4.78, 5) is 5.32. The van der Waals surface area contributed by atoms with Gasteiger partial charge in [-0.1, -0.05) is 13.8 Å². The fraction of sp³-hybridized carbons (Fsp3) is 1.00. The van der Waals surface area contributed by atoms with E-state index in [9.17, 15) is 0 Å². The number of nitrogens with two attached hydrogens (primary N) is 1. The maximum atomic E-state index is 6.05. The van der Waals surface area contributed by atoms with Gasteiger partial charge in [0.15, 0.2) is 0 Å². The van der Waals surface area contributed by atoms with Crippen molar-refractivity contribution in [1.82, 2.24) is 9.80 Å². The van der Waals surface area contributed by atoms with E-state index in [0.717, 1.165) is 18.6 Å². The van der Waals surface area contributed by atoms with E-state index in [1.165, 1.54) is 51.7 Å². The maximum Gasteiger partial charge on any atom is 0.0223 e. The summed E-state index contributed by atoms with van der Waals surface area (Å²) in [6.07, 6.45) is 6.58. The highest BCUT2D eigenvalue weighted by Gasteiger charge is 2.36. The van der Waals surface area contributed by atoms with Crippen LogP contribution in [0.2, 0.25) is 0 Å². The second-order valence-electron chi connectivity index (χ2n) is 6.49. The Hall–Kier alpha value is -0.120. The molecule has 18 heavy (non-hydrogen) atoms. The summed E-state index contributed by atoms with van der Waals surface area (Å²) in [6, 6.07) is 1.64. The van der Waals surface area contributed by atoms with Crippen LogP contribution in [0, 0.1) is 5.41 Å².